The molecule has 0 aliphatic rings. The zero-order chi connectivity index (χ0) is 10.6. The quantitative estimate of drug-likeness (QED) is 0.535. The normalized spacial score (nSPS) is 6.75. The van der Waals surface area contributed by atoms with Gasteiger partial charge < -0.3 is 10.6 Å². The molecular weight excluding hydrogens is 180 g/mol. The molecule has 0 fully saturated rings. The summed E-state index contributed by atoms with van der Waals surface area (Å²) in [7, 11) is 2.76. The van der Waals surface area contributed by atoms with Gasteiger partial charge in [-0.15, -0.1) is 0 Å². The van der Waals surface area contributed by atoms with E-state index in [0.717, 1.165) is 6.41 Å². The second kappa shape index (κ2) is 16.6. The van der Waals surface area contributed by atoms with Crippen molar-refractivity contribution in [1.29, 1.82) is 0 Å². The lowest BCUT2D eigenvalue weighted by atomic mass is 11.0. The minimum Gasteiger partial charge on any atom is -0.372 e. The summed E-state index contributed by atoms with van der Waals surface area (Å²) in [5, 5.41) is 0. The SMILES string of the molecule is CN(C)C=O.CS(C)=O.NC=O. The maximum absolute atomic E-state index is 9.56. The van der Waals surface area contributed by atoms with Crippen molar-refractivity contribution in [3.63, 3.8) is 0 Å². The summed E-state index contributed by atoms with van der Waals surface area (Å²) in [6.07, 6.45) is 4.28. The number of hydrogen-bond acceptors (Lipinski definition) is 3. The Morgan fingerprint density at radius 1 is 1.25 bits per heavy atom. The lowest BCUT2D eigenvalue weighted by molar-refractivity contribution is -0.116. The van der Waals surface area contributed by atoms with Crippen LogP contribution in [0.5, 0.6) is 0 Å². The van der Waals surface area contributed by atoms with E-state index in [0.29, 0.717) is 0 Å². The lowest BCUT2D eigenvalue weighted by Gasteiger charge is -1.93. The molecule has 74 valence electrons. The average Bonchev–Trinajstić information content (AvgIpc) is 1.88. The van der Waals surface area contributed by atoms with E-state index >= 15 is 0 Å². The molecule has 0 aliphatic heterocycles. The molecule has 12 heavy (non-hydrogen) atoms. The van der Waals surface area contributed by atoms with E-state index in [2.05, 4.69) is 5.73 Å². The van der Waals surface area contributed by atoms with Crippen LogP contribution < -0.4 is 5.73 Å². The van der Waals surface area contributed by atoms with Crippen LogP contribution in [0.15, 0.2) is 0 Å². The van der Waals surface area contributed by atoms with Crippen molar-refractivity contribution in [2.75, 3.05) is 26.6 Å². The molecule has 6 heteroatoms. The Balaban J connectivity index is -0.000000105. The second-order valence-corrected chi connectivity index (χ2v) is 3.43. The fourth-order valence-electron chi connectivity index (χ4n) is 0. The van der Waals surface area contributed by atoms with Crippen LogP contribution >= 0.6 is 0 Å². The zero-order valence-corrected chi connectivity index (χ0v) is 8.63. The van der Waals surface area contributed by atoms with Gasteiger partial charge in [-0.1, -0.05) is 0 Å². The maximum Gasteiger partial charge on any atom is 0.209 e. The van der Waals surface area contributed by atoms with Crippen molar-refractivity contribution in [2.45, 2.75) is 0 Å². The van der Waals surface area contributed by atoms with Gasteiger partial charge in [-0.05, 0) is 0 Å². The number of carbonyl (C=O) groups excluding carboxylic acids is 2. The summed E-state index contributed by atoms with van der Waals surface area (Å²) in [5.74, 6) is 0. The van der Waals surface area contributed by atoms with Gasteiger partial charge in [-0.2, -0.15) is 0 Å². The number of hydrogen-bond donors (Lipinski definition) is 1. The zero-order valence-electron chi connectivity index (χ0n) is 7.81. The van der Waals surface area contributed by atoms with Crippen LogP contribution in [0.1, 0.15) is 0 Å². The Kier molecular flexibility index (Phi) is 23.8. The predicted molar refractivity (Wildman–Crippen MR) is 50.0 cm³/mol. The molecule has 0 saturated carbocycles. The summed E-state index contributed by atoms with van der Waals surface area (Å²) >= 11 is 0. The maximum atomic E-state index is 9.56. The molecule has 0 atom stereocenters. The Bertz CT molecular complexity index is 124. The van der Waals surface area contributed by atoms with Gasteiger partial charge >= 0.3 is 0 Å². The summed E-state index contributed by atoms with van der Waals surface area (Å²) in [6, 6.07) is 0. The average molecular weight is 196 g/mol. The van der Waals surface area contributed by atoms with Crippen LogP contribution in [0.25, 0.3) is 0 Å². The van der Waals surface area contributed by atoms with Gasteiger partial charge in [0.2, 0.25) is 12.8 Å². The molecule has 0 aromatic rings. The molecule has 0 spiro atoms. The van der Waals surface area contributed by atoms with E-state index < -0.39 is 10.8 Å². The van der Waals surface area contributed by atoms with Crippen LogP contribution in [-0.2, 0) is 20.4 Å². The Labute approximate surface area is 75.4 Å². The Morgan fingerprint density at radius 3 is 1.33 bits per heavy atom. The van der Waals surface area contributed by atoms with Crippen molar-refractivity contribution in [2.24, 2.45) is 5.73 Å². The summed E-state index contributed by atoms with van der Waals surface area (Å²) in [4.78, 5) is 19.5. The van der Waals surface area contributed by atoms with Crippen molar-refractivity contribution in [3.8, 4) is 0 Å². The third kappa shape index (κ3) is 501. The molecule has 0 aromatic heterocycles. The largest absolute Gasteiger partial charge is 0.372 e. The van der Waals surface area contributed by atoms with Gasteiger partial charge in [0, 0.05) is 37.4 Å². The van der Waals surface area contributed by atoms with Gasteiger partial charge in [-0.25, -0.2) is 0 Å². The highest BCUT2D eigenvalue weighted by Crippen LogP contribution is 1.52. The van der Waals surface area contributed by atoms with Crippen LogP contribution in [0.2, 0.25) is 0 Å². The van der Waals surface area contributed by atoms with E-state index in [4.69, 9.17) is 4.79 Å². The van der Waals surface area contributed by atoms with E-state index in [-0.39, 0.29) is 6.41 Å². The first-order chi connectivity index (χ1) is 5.42. The molecule has 0 aliphatic carbocycles. The molecule has 0 radical (unpaired) electrons. The van der Waals surface area contributed by atoms with Gasteiger partial charge in [0.1, 0.15) is 0 Å². The van der Waals surface area contributed by atoms with Gasteiger partial charge in [0.15, 0.2) is 0 Å². The molecule has 0 aromatic carbocycles. The van der Waals surface area contributed by atoms with Gasteiger partial charge in [0.05, 0.1) is 0 Å². The third-order valence-corrected chi connectivity index (χ3v) is 0.211. The van der Waals surface area contributed by atoms with E-state index in [9.17, 15) is 9.00 Å². The molecule has 0 heterocycles. The van der Waals surface area contributed by atoms with Crippen molar-refractivity contribution < 1.29 is 13.8 Å². The van der Waals surface area contributed by atoms with E-state index in [1.165, 1.54) is 4.90 Å². The number of rotatable bonds is 1. The van der Waals surface area contributed by atoms with Crippen LogP contribution in [0.3, 0.4) is 0 Å². The lowest BCUT2D eigenvalue weighted by Crippen LogP contribution is -2.06. The van der Waals surface area contributed by atoms with Crippen molar-refractivity contribution in [1.82, 2.24) is 4.90 Å². The summed E-state index contributed by atoms with van der Waals surface area (Å²) in [6.45, 7) is 0. The van der Waals surface area contributed by atoms with Crippen LogP contribution in [-0.4, -0.2) is 48.5 Å². The topological polar surface area (TPSA) is 80.5 Å². The number of amides is 2. The highest BCUT2D eigenvalue weighted by atomic mass is 32.2. The minimum absolute atomic E-state index is 0.250. The molecule has 5 nitrogen and oxygen atoms in total. The fraction of sp³-hybridized carbons (Fsp3) is 0.667. The van der Waals surface area contributed by atoms with Crippen LogP contribution in [0, 0.1) is 0 Å². The standard InChI is InChI=1S/C3H7NO.C2H6OS.CH3NO/c1-4(2)3-5;1-4(2)3;2-1-3/h3H,1-2H3;1-2H3;1H,(H2,2,3). The minimum atomic E-state index is -0.611. The smallest absolute Gasteiger partial charge is 0.209 e. The second-order valence-electron chi connectivity index (χ2n) is 1.95. The predicted octanol–water partition coefficient (Wildman–Crippen LogP) is -1.20. The fourth-order valence-corrected chi connectivity index (χ4v) is 0. The number of nitrogens with two attached hydrogens (primary N) is 1. The Morgan fingerprint density at radius 2 is 1.33 bits per heavy atom. The molecule has 0 saturated heterocycles. The first-order valence-electron chi connectivity index (χ1n) is 2.94. The van der Waals surface area contributed by atoms with E-state index in [1.807, 2.05) is 0 Å². The van der Waals surface area contributed by atoms with Crippen molar-refractivity contribution >= 4 is 23.6 Å². The first-order valence-corrected chi connectivity index (χ1v) is 4.91. The first kappa shape index (κ1) is 17.3. The van der Waals surface area contributed by atoms with Crippen molar-refractivity contribution in [3.05, 3.63) is 0 Å². The highest BCUT2D eigenvalue weighted by molar-refractivity contribution is 7.83. The number of carbonyl (C=O) groups is 2. The highest BCUT2D eigenvalue weighted by Gasteiger charge is 1.68. The molecule has 2 N–H and O–H groups in total. The molecule has 0 bridgehead atoms. The monoisotopic (exact) mass is 196 g/mol. The molecule has 0 unspecified atom stereocenters. The van der Waals surface area contributed by atoms with Crippen LogP contribution in [0.4, 0.5) is 0 Å². The number of nitrogens with zero attached hydrogens (tertiary/aromatic N) is 1. The third-order valence-electron chi connectivity index (χ3n) is 0.211. The summed E-state index contributed by atoms with van der Waals surface area (Å²) in [5.41, 5.74) is 4.17. The molecule has 0 rings (SSSR count). The number of primary amides is 1. The Hall–Kier alpha value is -0.910. The molecular formula is C6H16N2O3S. The summed E-state index contributed by atoms with van der Waals surface area (Å²) < 4.78 is 9.56. The van der Waals surface area contributed by atoms with Gasteiger partial charge in [-0.3, -0.25) is 13.8 Å². The van der Waals surface area contributed by atoms with Gasteiger partial charge in [0.25, 0.3) is 0 Å². The van der Waals surface area contributed by atoms with E-state index in [1.54, 1.807) is 26.6 Å². The molecule has 2 amide bonds.